The first-order valence-electron chi connectivity index (χ1n) is 14.8. The molecule has 3 heteroatoms. The third-order valence-electron chi connectivity index (χ3n) is 9.22. The molecule has 1 aliphatic rings. The third-order valence-corrected chi connectivity index (χ3v) is 9.22. The second-order valence-electron chi connectivity index (χ2n) is 12.0. The highest BCUT2D eigenvalue weighted by atomic mass is 16.3. The molecule has 0 saturated carbocycles. The number of fused-ring (bicyclic) bond motifs is 7. The monoisotopic (exact) mass is 552 g/mol. The molecule has 8 aromatic rings. The lowest BCUT2D eigenvalue weighted by Crippen LogP contribution is -2.15. The Kier molecular flexibility index (Phi) is 4.95. The van der Waals surface area contributed by atoms with Crippen molar-refractivity contribution in [1.29, 1.82) is 0 Å². The molecule has 204 valence electrons. The number of hydrogen-bond acceptors (Lipinski definition) is 2. The average Bonchev–Trinajstić information content (AvgIpc) is 3.70. The molecule has 0 bridgehead atoms. The van der Waals surface area contributed by atoms with Crippen molar-refractivity contribution in [2.45, 2.75) is 19.3 Å². The van der Waals surface area contributed by atoms with Gasteiger partial charge in [-0.15, -0.1) is 0 Å². The SMILES string of the molecule is CC1(C)c2ccccc2-c2ccc(-n3c(-c4cccc(-c5cccc6c5oc5ccccc56)c4)nc4ccccc43)cc21. The van der Waals surface area contributed by atoms with E-state index < -0.39 is 0 Å². The van der Waals surface area contributed by atoms with Gasteiger partial charge in [-0.05, 0) is 64.2 Å². The zero-order chi connectivity index (χ0) is 28.7. The molecule has 43 heavy (non-hydrogen) atoms. The molecule has 6 aromatic carbocycles. The molecule has 0 unspecified atom stereocenters. The van der Waals surface area contributed by atoms with Gasteiger partial charge in [0.1, 0.15) is 17.0 Å². The standard InChI is InChI=1S/C40H28N2O/c1-40(2)33-17-5-3-13-29(33)30-22-21-27(24-34(30)40)42-36-19-7-6-18-35(36)41-39(42)26-12-9-11-25(23-26)28-15-10-16-32-31-14-4-8-20-37(31)43-38(28)32/h3-24H,1-2H3. The van der Waals surface area contributed by atoms with Crippen molar-refractivity contribution in [3.05, 3.63) is 145 Å². The smallest absolute Gasteiger partial charge is 0.145 e. The van der Waals surface area contributed by atoms with Crippen molar-refractivity contribution in [2.75, 3.05) is 0 Å². The lowest BCUT2D eigenvalue weighted by Gasteiger charge is -2.22. The van der Waals surface area contributed by atoms with E-state index in [2.05, 4.69) is 140 Å². The van der Waals surface area contributed by atoms with Crippen LogP contribution in [0.1, 0.15) is 25.0 Å². The minimum atomic E-state index is -0.0797. The summed E-state index contributed by atoms with van der Waals surface area (Å²) < 4.78 is 8.71. The van der Waals surface area contributed by atoms with Crippen LogP contribution < -0.4 is 0 Å². The number of imidazole rings is 1. The van der Waals surface area contributed by atoms with Crippen molar-refractivity contribution in [3.8, 4) is 39.3 Å². The molecule has 2 aromatic heterocycles. The molecule has 1 aliphatic carbocycles. The van der Waals surface area contributed by atoms with E-state index in [1.165, 1.54) is 22.3 Å². The fraction of sp³-hybridized carbons (Fsp3) is 0.0750. The van der Waals surface area contributed by atoms with Crippen molar-refractivity contribution in [3.63, 3.8) is 0 Å². The van der Waals surface area contributed by atoms with Crippen LogP contribution in [0.25, 0.3) is 72.3 Å². The average molecular weight is 553 g/mol. The molecule has 0 amide bonds. The predicted molar refractivity (Wildman–Crippen MR) is 177 cm³/mol. The highest BCUT2D eigenvalue weighted by molar-refractivity contribution is 6.09. The minimum Gasteiger partial charge on any atom is -0.455 e. The minimum absolute atomic E-state index is 0.0797. The lowest BCUT2D eigenvalue weighted by molar-refractivity contribution is 0.660. The summed E-state index contributed by atoms with van der Waals surface area (Å²) in [5, 5.41) is 2.27. The first kappa shape index (κ1) is 24.2. The second kappa shape index (κ2) is 8.80. The largest absolute Gasteiger partial charge is 0.455 e. The third kappa shape index (κ3) is 3.45. The molecule has 3 nitrogen and oxygen atoms in total. The summed E-state index contributed by atoms with van der Waals surface area (Å²) in [7, 11) is 0. The zero-order valence-corrected chi connectivity index (χ0v) is 24.0. The zero-order valence-electron chi connectivity index (χ0n) is 24.0. The quantitative estimate of drug-likeness (QED) is 0.218. The molecule has 0 N–H and O–H groups in total. The highest BCUT2D eigenvalue weighted by Gasteiger charge is 2.35. The summed E-state index contributed by atoms with van der Waals surface area (Å²) >= 11 is 0. The Labute approximate surface area is 249 Å². The van der Waals surface area contributed by atoms with Gasteiger partial charge < -0.3 is 4.42 Å². The van der Waals surface area contributed by atoms with Crippen LogP contribution in [-0.2, 0) is 5.41 Å². The Balaban J connectivity index is 1.24. The van der Waals surface area contributed by atoms with Gasteiger partial charge in [-0.3, -0.25) is 4.57 Å². The summed E-state index contributed by atoms with van der Waals surface area (Å²) in [6.45, 7) is 4.66. The van der Waals surface area contributed by atoms with Gasteiger partial charge >= 0.3 is 0 Å². The van der Waals surface area contributed by atoms with E-state index in [1.54, 1.807) is 0 Å². The van der Waals surface area contributed by atoms with E-state index >= 15 is 0 Å². The van der Waals surface area contributed by atoms with E-state index in [4.69, 9.17) is 9.40 Å². The van der Waals surface area contributed by atoms with Crippen molar-refractivity contribution >= 4 is 33.0 Å². The van der Waals surface area contributed by atoms with E-state index in [-0.39, 0.29) is 5.41 Å². The molecule has 9 rings (SSSR count). The fourth-order valence-electron chi connectivity index (χ4n) is 7.11. The molecule has 0 fully saturated rings. The molecular formula is C40H28N2O. The van der Waals surface area contributed by atoms with Crippen LogP contribution in [0, 0.1) is 0 Å². The summed E-state index contributed by atoms with van der Waals surface area (Å²) in [6, 6.07) is 47.4. The number of aromatic nitrogens is 2. The topological polar surface area (TPSA) is 31.0 Å². The van der Waals surface area contributed by atoms with Crippen LogP contribution in [-0.4, -0.2) is 9.55 Å². The second-order valence-corrected chi connectivity index (χ2v) is 12.0. The molecule has 0 spiro atoms. The Morgan fingerprint density at radius 1 is 0.581 bits per heavy atom. The first-order valence-corrected chi connectivity index (χ1v) is 14.8. The van der Waals surface area contributed by atoms with Gasteiger partial charge in [0.25, 0.3) is 0 Å². The molecule has 0 radical (unpaired) electrons. The number of para-hydroxylation sites is 4. The number of nitrogens with zero attached hydrogens (tertiary/aromatic N) is 2. The first-order chi connectivity index (χ1) is 21.1. The predicted octanol–water partition coefficient (Wildman–Crippen LogP) is 10.6. The van der Waals surface area contributed by atoms with Crippen LogP contribution >= 0.6 is 0 Å². The van der Waals surface area contributed by atoms with Gasteiger partial charge in [0.05, 0.1) is 11.0 Å². The van der Waals surface area contributed by atoms with E-state index in [0.717, 1.165) is 61.2 Å². The van der Waals surface area contributed by atoms with E-state index in [9.17, 15) is 0 Å². The van der Waals surface area contributed by atoms with Gasteiger partial charge in [-0.2, -0.15) is 0 Å². The Hall–Kier alpha value is -5.41. The summed E-state index contributed by atoms with van der Waals surface area (Å²) in [5.74, 6) is 0.924. The molecule has 0 saturated heterocycles. The van der Waals surface area contributed by atoms with Crippen LogP contribution in [0.4, 0.5) is 0 Å². The number of benzene rings is 6. The summed E-state index contributed by atoms with van der Waals surface area (Å²) in [5.41, 5.74) is 13.5. The van der Waals surface area contributed by atoms with Crippen molar-refractivity contribution in [2.24, 2.45) is 0 Å². The van der Waals surface area contributed by atoms with Gasteiger partial charge in [0.15, 0.2) is 0 Å². The number of furan rings is 1. The maximum absolute atomic E-state index is 6.39. The Morgan fingerprint density at radius 3 is 2.26 bits per heavy atom. The Bertz CT molecular complexity index is 2390. The van der Waals surface area contributed by atoms with Gasteiger partial charge in [-0.25, -0.2) is 4.98 Å². The van der Waals surface area contributed by atoms with Gasteiger partial charge in [0, 0.05) is 33.0 Å². The van der Waals surface area contributed by atoms with Crippen LogP contribution in [0.15, 0.2) is 138 Å². The molecular weight excluding hydrogens is 524 g/mol. The molecule has 0 aliphatic heterocycles. The van der Waals surface area contributed by atoms with Crippen LogP contribution in [0.3, 0.4) is 0 Å². The van der Waals surface area contributed by atoms with Crippen LogP contribution in [0.5, 0.6) is 0 Å². The van der Waals surface area contributed by atoms with Crippen molar-refractivity contribution < 1.29 is 4.42 Å². The molecule has 2 heterocycles. The number of rotatable bonds is 3. The lowest BCUT2D eigenvalue weighted by atomic mass is 9.82. The van der Waals surface area contributed by atoms with Gasteiger partial charge in [0.2, 0.25) is 0 Å². The maximum atomic E-state index is 6.39. The Morgan fingerprint density at radius 2 is 1.30 bits per heavy atom. The summed E-state index contributed by atoms with van der Waals surface area (Å²) in [4.78, 5) is 5.20. The van der Waals surface area contributed by atoms with Crippen LogP contribution in [0.2, 0.25) is 0 Å². The van der Waals surface area contributed by atoms with E-state index in [1.807, 2.05) is 12.1 Å². The summed E-state index contributed by atoms with van der Waals surface area (Å²) in [6.07, 6.45) is 0. The number of hydrogen-bond donors (Lipinski definition) is 0. The van der Waals surface area contributed by atoms with Gasteiger partial charge in [-0.1, -0.05) is 111 Å². The van der Waals surface area contributed by atoms with Crippen molar-refractivity contribution in [1.82, 2.24) is 9.55 Å². The fourth-order valence-corrected chi connectivity index (χ4v) is 7.11. The van der Waals surface area contributed by atoms with E-state index in [0.29, 0.717) is 0 Å². The molecule has 0 atom stereocenters. The maximum Gasteiger partial charge on any atom is 0.145 e. The highest BCUT2D eigenvalue weighted by Crippen LogP contribution is 2.49. The normalized spacial score (nSPS) is 13.5.